The lowest BCUT2D eigenvalue weighted by molar-refractivity contribution is -0.177. The van der Waals surface area contributed by atoms with Gasteiger partial charge in [0, 0.05) is 30.3 Å². The van der Waals surface area contributed by atoms with E-state index in [1.54, 1.807) is 4.90 Å². The van der Waals surface area contributed by atoms with Crippen LogP contribution in [0.2, 0.25) is 0 Å². The molecule has 0 bridgehead atoms. The first-order valence-corrected chi connectivity index (χ1v) is 9.26. The summed E-state index contributed by atoms with van der Waals surface area (Å²) in [7, 11) is 0. The number of hydrogen-bond acceptors (Lipinski definition) is 6. The summed E-state index contributed by atoms with van der Waals surface area (Å²) in [6.07, 6.45) is -11.0. The number of alkyl halides is 6. The lowest BCUT2D eigenvalue weighted by Gasteiger charge is -2.34. The van der Waals surface area contributed by atoms with Gasteiger partial charge in [0.05, 0.1) is 0 Å². The molecule has 2 aliphatic heterocycles. The maximum Gasteiger partial charge on any atom is 0.435 e. The molecule has 4 rings (SSSR count). The van der Waals surface area contributed by atoms with Gasteiger partial charge in [0.25, 0.3) is 5.91 Å². The van der Waals surface area contributed by atoms with Gasteiger partial charge in [-0.1, -0.05) is 0 Å². The standard InChI is InChI=1S/C17H16F6N6O2/c18-16(19,20)8-1-2-9(26-25-8)29-5-3-7(4-6-29)12-10-11(17(21,22)23)13(30)15(31)24-14(10)28-27-12/h1-2,7,11,13,30H,3-6H2,(H2,24,27,28,31)/t11-,13+/m1/s1. The van der Waals surface area contributed by atoms with Crippen LogP contribution in [0.3, 0.4) is 0 Å². The molecule has 1 saturated heterocycles. The number of piperidine rings is 1. The highest BCUT2D eigenvalue weighted by Crippen LogP contribution is 2.47. The number of hydrogen-bond donors (Lipinski definition) is 3. The molecule has 0 spiro atoms. The van der Waals surface area contributed by atoms with Crippen LogP contribution in [0.15, 0.2) is 12.1 Å². The molecule has 0 aromatic carbocycles. The quantitative estimate of drug-likeness (QED) is 0.608. The van der Waals surface area contributed by atoms with Crippen molar-refractivity contribution in [1.29, 1.82) is 0 Å². The number of carbonyl (C=O) groups is 1. The van der Waals surface area contributed by atoms with Gasteiger partial charge in [-0.25, -0.2) is 0 Å². The summed E-state index contributed by atoms with van der Waals surface area (Å²) in [6.45, 7) is 0.619. The molecule has 0 radical (unpaired) electrons. The molecule has 2 atom stereocenters. The van der Waals surface area contributed by atoms with Crippen molar-refractivity contribution in [2.45, 2.75) is 43.1 Å². The number of nitrogens with zero attached hydrogens (tertiary/aromatic N) is 4. The van der Waals surface area contributed by atoms with Crippen molar-refractivity contribution in [3.05, 3.63) is 29.1 Å². The van der Waals surface area contributed by atoms with Crippen LogP contribution in [0.1, 0.15) is 41.6 Å². The Bertz CT molecular complexity index is 965. The van der Waals surface area contributed by atoms with E-state index in [1.165, 1.54) is 6.07 Å². The molecule has 14 heteroatoms. The van der Waals surface area contributed by atoms with E-state index < -0.39 is 36.0 Å². The Morgan fingerprint density at radius 2 is 1.74 bits per heavy atom. The second-order valence-corrected chi connectivity index (χ2v) is 7.39. The molecular weight excluding hydrogens is 434 g/mol. The maximum absolute atomic E-state index is 13.6. The molecule has 1 amide bonds. The molecular formula is C17H16F6N6O2. The number of aliphatic hydroxyl groups excluding tert-OH is 1. The van der Waals surface area contributed by atoms with Crippen molar-refractivity contribution in [3.8, 4) is 0 Å². The highest BCUT2D eigenvalue weighted by atomic mass is 19.4. The molecule has 1 fully saturated rings. The van der Waals surface area contributed by atoms with E-state index >= 15 is 0 Å². The number of rotatable bonds is 2. The first-order valence-electron chi connectivity index (χ1n) is 9.26. The summed E-state index contributed by atoms with van der Waals surface area (Å²) in [4.78, 5) is 13.4. The highest BCUT2D eigenvalue weighted by molar-refractivity contribution is 5.97. The smallest absolute Gasteiger partial charge is 0.382 e. The van der Waals surface area contributed by atoms with Crippen LogP contribution in [0.5, 0.6) is 0 Å². The zero-order chi connectivity index (χ0) is 22.6. The molecule has 4 heterocycles. The van der Waals surface area contributed by atoms with Crippen LogP contribution >= 0.6 is 0 Å². The Morgan fingerprint density at radius 3 is 2.29 bits per heavy atom. The second-order valence-electron chi connectivity index (χ2n) is 7.39. The Kier molecular flexibility index (Phi) is 5.06. The van der Waals surface area contributed by atoms with Crippen molar-refractivity contribution in [1.82, 2.24) is 20.4 Å². The predicted molar refractivity (Wildman–Crippen MR) is 93.2 cm³/mol. The van der Waals surface area contributed by atoms with E-state index in [9.17, 15) is 36.2 Å². The van der Waals surface area contributed by atoms with Gasteiger partial charge in [0.15, 0.2) is 17.3 Å². The molecule has 8 nitrogen and oxygen atoms in total. The SMILES string of the molecule is O=C1Nc2n[nH]c(C3CCN(c4ccc(C(F)(F)F)nn4)CC3)c2[C@@H](C(F)(F)F)[C@@H]1O. The number of H-pyrrole nitrogens is 1. The monoisotopic (exact) mass is 450 g/mol. The van der Waals surface area contributed by atoms with E-state index in [1.807, 2.05) is 0 Å². The largest absolute Gasteiger partial charge is 0.435 e. The summed E-state index contributed by atoms with van der Waals surface area (Å²) >= 11 is 0. The van der Waals surface area contributed by atoms with E-state index in [0.717, 1.165) is 6.07 Å². The molecule has 0 saturated carbocycles. The van der Waals surface area contributed by atoms with Gasteiger partial charge < -0.3 is 15.3 Å². The summed E-state index contributed by atoms with van der Waals surface area (Å²) in [5, 5.41) is 25.1. The number of nitrogens with one attached hydrogen (secondary N) is 2. The molecule has 0 aliphatic carbocycles. The Balaban J connectivity index is 1.52. The van der Waals surface area contributed by atoms with Crippen molar-refractivity contribution >= 4 is 17.5 Å². The Hall–Kier alpha value is -2.90. The molecule has 2 aromatic rings. The predicted octanol–water partition coefficient (Wildman–Crippen LogP) is 2.56. The van der Waals surface area contributed by atoms with Gasteiger partial charge in [-0.2, -0.15) is 31.4 Å². The average molecular weight is 450 g/mol. The van der Waals surface area contributed by atoms with E-state index in [0.29, 0.717) is 25.9 Å². The number of carbonyl (C=O) groups excluding carboxylic acids is 1. The molecule has 168 valence electrons. The normalized spacial score (nSPS) is 22.9. The minimum Gasteiger partial charge on any atom is -0.382 e. The van der Waals surface area contributed by atoms with Gasteiger partial charge in [0.2, 0.25) is 0 Å². The number of aromatic nitrogens is 4. The van der Waals surface area contributed by atoms with Crippen LogP contribution in [-0.2, 0) is 11.0 Å². The van der Waals surface area contributed by atoms with E-state index in [-0.39, 0.29) is 28.8 Å². The second kappa shape index (κ2) is 7.35. The van der Waals surface area contributed by atoms with Crippen molar-refractivity contribution in [2.24, 2.45) is 0 Å². The first kappa shape index (κ1) is 21.3. The minimum absolute atomic E-state index is 0.175. The van der Waals surface area contributed by atoms with Gasteiger partial charge in [-0.3, -0.25) is 9.89 Å². The third-order valence-corrected chi connectivity index (χ3v) is 5.49. The van der Waals surface area contributed by atoms with E-state index in [2.05, 4.69) is 25.7 Å². The zero-order valence-corrected chi connectivity index (χ0v) is 15.6. The van der Waals surface area contributed by atoms with Gasteiger partial charge in [0.1, 0.15) is 12.0 Å². The van der Waals surface area contributed by atoms with Crippen LogP contribution in [0.25, 0.3) is 0 Å². The van der Waals surface area contributed by atoms with Crippen molar-refractivity contribution < 1.29 is 36.2 Å². The lowest BCUT2D eigenvalue weighted by Crippen LogP contribution is -2.44. The Morgan fingerprint density at radius 1 is 1.06 bits per heavy atom. The summed E-state index contributed by atoms with van der Waals surface area (Å²) in [5.41, 5.74) is -1.23. The molecule has 2 aromatic heterocycles. The zero-order valence-electron chi connectivity index (χ0n) is 15.6. The van der Waals surface area contributed by atoms with Crippen LogP contribution < -0.4 is 10.2 Å². The van der Waals surface area contributed by atoms with E-state index in [4.69, 9.17) is 0 Å². The number of anilines is 2. The summed E-state index contributed by atoms with van der Waals surface area (Å²) in [6, 6.07) is 2.01. The number of amides is 1. The molecule has 0 unspecified atom stereocenters. The number of aliphatic hydroxyl groups is 1. The average Bonchev–Trinajstić information content (AvgIpc) is 3.10. The molecule has 31 heavy (non-hydrogen) atoms. The fraction of sp³-hybridized carbons (Fsp3) is 0.529. The highest BCUT2D eigenvalue weighted by Gasteiger charge is 2.53. The van der Waals surface area contributed by atoms with Gasteiger partial charge >= 0.3 is 12.4 Å². The Labute approximate surface area is 170 Å². The third-order valence-electron chi connectivity index (χ3n) is 5.49. The van der Waals surface area contributed by atoms with Crippen molar-refractivity contribution in [3.63, 3.8) is 0 Å². The van der Waals surface area contributed by atoms with Crippen LogP contribution in [0, 0.1) is 0 Å². The third kappa shape index (κ3) is 3.91. The molecule has 3 N–H and O–H groups in total. The van der Waals surface area contributed by atoms with Crippen LogP contribution in [-0.4, -0.2) is 56.8 Å². The fourth-order valence-corrected chi connectivity index (χ4v) is 3.97. The summed E-state index contributed by atoms with van der Waals surface area (Å²) in [5.74, 6) is -3.99. The lowest BCUT2D eigenvalue weighted by atomic mass is 9.83. The number of halogens is 6. The minimum atomic E-state index is -4.86. The topological polar surface area (TPSA) is 107 Å². The van der Waals surface area contributed by atoms with Gasteiger partial charge in [-0.15, -0.1) is 10.2 Å². The fourth-order valence-electron chi connectivity index (χ4n) is 3.97. The maximum atomic E-state index is 13.6. The molecule has 2 aliphatic rings. The van der Waals surface area contributed by atoms with Gasteiger partial charge in [-0.05, 0) is 25.0 Å². The first-order chi connectivity index (χ1) is 14.5. The summed E-state index contributed by atoms with van der Waals surface area (Å²) < 4.78 is 78.6. The van der Waals surface area contributed by atoms with Crippen LogP contribution in [0.4, 0.5) is 38.0 Å². The van der Waals surface area contributed by atoms with Crippen molar-refractivity contribution in [2.75, 3.05) is 23.3 Å². The number of aromatic amines is 1. The number of fused-ring (bicyclic) bond motifs is 1.